The van der Waals surface area contributed by atoms with Gasteiger partial charge in [-0.2, -0.15) is 0 Å². The van der Waals surface area contributed by atoms with E-state index in [1.54, 1.807) is 0 Å². The summed E-state index contributed by atoms with van der Waals surface area (Å²) >= 11 is 0. The molecule has 0 saturated carbocycles. The van der Waals surface area contributed by atoms with E-state index in [1.807, 2.05) is 27.7 Å². The topological polar surface area (TPSA) is 127 Å². The van der Waals surface area contributed by atoms with Crippen molar-refractivity contribution in [2.24, 2.45) is 23.3 Å². The van der Waals surface area contributed by atoms with Crippen LogP contribution >= 0.6 is 0 Å². The van der Waals surface area contributed by atoms with E-state index in [1.165, 1.54) is 0 Å². The maximum Gasteiger partial charge on any atom is 0.320 e. The fourth-order valence-corrected chi connectivity index (χ4v) is 1.11. The van der Waals surface area contributed by atoms with Crippen LogP contribution in [-0.2, 0) is 9.59 Å². The second kappa shape index (κ2) is 9.85. The van der Waals surface area contributed by atoms with E-state index >= 15 is 0 Å². The minimum atomic E-state index is -0.913. The van der Waals surface area contributed by atoms with Crippen LogP contribution in [0.2, 0.25) is 0 Å². The zero-order chi connectivity index (χ0) is 14.9. The first-order chi connectivity index (χ1) is 8.13. The average molecular weight is 262 g/mol. The number of hydrogen-bond donors (Lipinski definition) is 4. The number of carboxylic acid groups (broad SMARTS) is 2. The quantitative estimate of drug-likeness (QED) is 0.563. The number of carboxylic acids is 2. The molecule has 0 aromatic heterocycles. The van der Waals surface area contributed by atoms with Gasteiger partial charge < -0.3 is 21.7 Å². The molecule has 0 aromatic rings. The summed E-state index contributed by atoms with van der Waals surface area (Å²) in [5, 5.41) is 16.7. The summed E-state index contributed by atoms with van der Waals surface area (Å²) in [5.74, 6) is -1.40. The molecule has 0 aliphatic carbocycles. The van der Waals surface area contributed by atoms with Crippen molar-refractivity contribution in [1.29, 1.82) is 0 Å². The summed E-state index contributed by atoms with van der Waals surface area (Å²) in [6.07, 6.45) is 1.36. The molecular formula is C12H26N2O4. The molecular weight excluding hydrogens is 236 g/mol. The van der Waals surface area contributed by atoms with Gasteiger partial charge in [0.05, 0.1) is 0 Å². The lowest BCUT2D eigenvalue weighted by Gasteiger charge is -2.11. The smallest absolute Gasteiger partial charge is 0.320 e. The van der Waals surface area contributed by atoms with Gasteiger partial charge in [-0.1, -0.05) is 34.1 Å². The normalized spacial score (nSPS) is 15.3. The molecule has 0 aromatic carbocycles. The van der Waals surface area contributed by atoms with Crippen LogP contribution in [0.3, 0.4) is 0 Å². The van der Waals surface area contributed by atoms with E-state index in [4.69, 9.17) is 21.7 Å². The molecule has 0 saturated heterocycles. The van der Waals surface area contributed by atoms with E-state index in [0.717, 1.165) is 6.42 Å². The zero-order valence-corrected chi connectivity index (χ0v) is 11.6. The fourth-order valence-electron chi connectivity index (χ4n) is 1.11. The molecule has 6 N–H and O–H groups in total. The summed E-state index contributed by atoms with van der Waals surface area (Å²) in [7, 11) is 0. The Labute approximate surface area is 108 Å². The maximum absolute atomic E-state index is 10.2. The molecule has 108 valence electrons. The standard InChI is InChI=1S/2C6H13NO2/c1-4(2)3-5(7)6(8)9;1-3-4(2)5(7)6(8)9/h2*4-5H,3,7H2,1-2H3,(H,8,9)/t5-;4-,5+/m01/s1. The summed E-state index contributed by atoms with van der Waals surface area (Å²) in [6.45, 7) is 7.65. The minimum absolute atomic E-state index is 0.0718. The number of aliphatic carboxylic acids is 2. The second-order valence-corrected chi connectivity index (χ2v) is 4.82. The van der Waals surface area contributed by atoms with Crippen molar-refractivity contribution >= 4 is 11.9 Å². The van der Waals surface area contributed by atoms with Crippen molar-refractivity contribution in [3.63, 3.8) is 0 Å². The highest BCUT2D eigenvalue weighted by molar-refractivity contribution is 5.73. The van der Waals surface area contributed by atoms with Crippen molar-refractivity contribution in [3.8, 4) is 0 Å². The highest BCUT2D eigenvalue weighted by Crippen LogP contribution is 2.04. The van der Waals surface area contributed by atoms with E-state index < -0.39 is 24.0 Å². The number of nitrogens with two attached hydrogens (primary N) is 2. The van der Waals surface area contributed by atoms with Gasteiger partial charge >= 0.3 is 11.9 Å². The number of carbonyl (C=O) groups is 2. The molecule has 0 aliphatic rings. The van der Waals surface area contributed by atoms with Gasteiger partial charge in [0.15, 0.2) is 0 Å². The highest BCUT2D eigenvalue weighted by Gasteiger charge is 2.17. The Morgan fingerprint density at radius 2 is 1.50 bits per heavy atom. The molecule has 0 heterocycles. The van der Waals surface area contributed by atoms with Crippen LogP contribution in [0, 0.1) is 11.8 Å². The Bertz CT molecular complexity index is 256. The molecule has 6 nitrogen and oxygen atoms in total. The molecule has 3 atom stereocenters. The summed E-state index contributed by atoms with van der Waals surface area (Å²) < 4.78 is 0. The van der Waals surface area contributed by atoms with Crippen molar-refractivity contribution in [3.05, 3.63) is 0 Å². The Morgan fingerprint density at radius 3 is 1.61 bits per heavy atom. The Hall–Kier alpha value is -1.14. The van der Waals surface area contributed by atoms with Gasteiger partial charge in [-0.25, -0.2) is 0 Å². The van der Waals surface area contributed by atoms with Gasteiger partial charge in [0.25, 0.3) is 0 Å². The molecule has 0 bridgehead atoms. The second-order valence-electron chi connectivity index (χ2n) is 4.82. The Kier molecular flexibility index (Phi) is 10.5. The lowest BCUT2D eigenvalue weighted by molar-refractivity contribution is -0.140. The van der Waals surface area contributed by atoms with Crippen LogP contribution in [0.25, 0.3) is 0 Å². The zero-order valence-electron chi connectivity index (χ0n) is 11.6. The third-order valence-corrected chi connectivity index (χ3v) is 2.58. The molecule has 0 amide bonds. The van der Waals surface area contributed by atoms with Gasteiger partial charge in [0.1, 0.15) is 12.1 Å². The SMILES string of the molecule is CC(C)C[C@H](N)C(=O)O.CC[C@@H](C)[C@H](N)C(=O)O. The highest BCUT2D eigenvalue weighted by atomic mass is 16.4. The average Bonchev–Trinajstić information content (AvgIpc) is 2.26. The van der Waals surface area contributed by atoms with Crippen molar-refractivity contribution in [2.75, 3.05) is 0 Å². The van der Waals surface area contributed by atoms with Crippen LogP contribution in [0.1, 0.15) is 40.5 Å². The first-order valence-electron chi connectivity index (χ1n) is 6.10. The molecule has 0 aliphatic heterocycles. The van der Waals surface area contributed by atoms with Crippen LogP contribution < -0.4 is 11.5 Å². The largest absolute Gasteiger partial charge is 0.480 e. The van der Waals surface area contributed by atoms with Crippen LogP contribution in [0.15, 0.2) is 0 Å². The lowest BCUT2D eigenvalue weighted by Crippen LogP contribution is -2.36. The van der Waals surface area contributed by atoms with Crippen molar-refractivity contribution in [1.82, 2.24) is 0 Å². The molecule has 18 heavy (non-hydrogen) atoms. The minimum Gasteiger partial charge on any atom is -0.480 e. The van der Waals surface area contributed by atoms with E-state index in [0.29, 0.717) is 12.3 Å². The van der Waals surface area contributed by atoms with Gasteiger partial charge in [0, 0.05) is 0 Å². The first-order valence-corrected chi connectivity index (χ1v) is 6.10. The summed E-state index contributed by atoms with van der Waals surface area (Å²) in [4.78, 5) is 20.3. The third-order valence-electron chi connectivity index (χ3n) is 2.58. The van der Waals surface area contributed by atoms with Crippen molar-refractivity contribution in [2.45, 2.75) is 52.6 Å². The van der Waals surface area contributed by atoms with E-state index in [-0.39, 0.29) is 5.92 Å². The Balaban J connectivity index is 0. The predicted octanol–water partition coefficient (Wildman–Crippen LogP) is 0.889. The Morgan fingerprint density at radius 1 is 1.06 bits per heavy atom. The molecule has 0 radical (unpaired) electrons. The van der Waals surface area contributed by atoms with E-state index in [2.05, 4.69) is 0 Å². The molecule has 0 fully saturated rings. The van der Waals surface area contributed by atoms with Crippen LogP contribution in [-0.4, -0.2) is 34.2 Å². The van der Waals surface area contributed by atoms with E-state index in [9.17, 15) is 9.59 Å². The predicted molar refractivity (Wildman–Crippen MR) is 70.1 cm³/mol. The third kappa shape index (κ3) is 10.0. The lowest BCUT2D eigenvalue weighted by atomic mass is 10.0. The number of rotatable bonds is 6. The fraction of sp³-hybridized carbons (Fsp3) is 0.833. The van der Waals surface area contributed by atoms with Crippen LogP contribution in [0.4, 0.5) is 0 Å². The van der Waals surface area contributed by atoms with Crippen LogP contribution in [0.5, 0.6) is 0 Å². The van der Waals surface area contributed by atoms with Gasteiger partial charge in [0.2, 0.25) is 0 Å². The molecule has 0 rings (SSSR count). The van der Waals surface area contributed by atoms with Crippen molar-refractivity contribution < 1.29 is 19.8 Å². The monoisotopic (exact) mass is 262 g/mol. The first kappa shape index (κ1) is 19.2. The summed E-state index contributed by atoms with van der Waals surface area (Å²) in [6, 6.07) is -1.39. The molecule has 0 spiro atoms. The maximum atomic E-state index is 10.2. The number of hydrogen-bond acceptors (Lipinski definition) is 4. The van der Waals surface area contributed by atoms with Gasteiger partial charge in [-0.05, 0) is 18.3 Å². The van der Waals surface area contributed by atoms with Gasteiger partial charge in [-0.3, -0.25) is 9.59 Å². The molecule has 6 heteroatoms. The van der Waals surface area contributed by atoms with Gasteiger partial charge in [-0.15, -0.1) is 0 Å². The summed E-state index contributed by atoms with van der Waals surface area (Å²) in [5.41, 5.74) is 10.5. The molecule has 0 unspecified atom stereocenters.